The van der Waals surface area contributed by atoms with E-state index in [1.165, 1.54) is 42.5 Å². The van der Waals surface area contributed by atoms with Crippen molar-refractivity contribution in [2.24, 2.45) is 5.92 Å². The Morgan fingerprint density at radius 3 is 2.22 bits per heavy atom. The first-order valence-corrected chi connectivity index (χ1v) is 11.8. The van der Waals surface area contributed by atoms with E-state index in [1.54, 1.807) is 6.07 Å². The van der Waals surface area contributed by atoms with Gasteiger partial charge in [-0.2, -0.15) is 0 Å². The molecule has 3 aromatic carbocycles. The topological polar surface area (TPSA) is 104 Å². The van der Waals surface area contributed by atoms with Crippen molar-refractivity contribution in [3.63, 3.8) is 0 Å². The van der Waals surface area contributed by atoms with Crippen LogP contribution in [0, 0.1) is 17.6 Å². The summed E-state index contributed by atoms with van der Waals surface area (Å²) in [4.78, 5) is 49.6. The zero-order chi connectivity index (χ0) is 26.9. The van der Waals surface area contributed by atoms with Crippen LogP contribution < -0.4 is 16.0 Å². The molecule has 0 bridgehead atoms. The van der Waals surface area contributed by atoms with E-state index in [9.17, 15) is 23.6 Å². The third-order valence-corrected chi connectivity index (χ3v) is 6.61. The number of halogens is 5. The van der Waals surface area contributed by atoms with Crippen molar-refractivity contribution in [2.75, 3.05) is 16.0 Å². The molecule has 0 spiro atoms. The summed E-state index contributed by atoms with van der Waals surface area (Å²) >= 11 is 17.9. The first-order chi connectivity index (χ1) is 17.5. The molecule has 0 heterocycles. The number of amides is 3. The lowest BCUT2D eigenvalue weighted by Crippen LogP contribution is -2.24. The number of carbonyl (C=O) groups excluding carboxylic acids is 4. The van der Waals surface area contributed by atoms with Gasteiger partial charge in [0.2, 0.25) is 5.91 Å². The van der Waals surface area contributed by atoms with Gasteiger partial charge in [0.25, 0.3) is 17.6 Å². The Kier molecular flexibility index (Phi) is 7.49. The molecule has 1 fully saturated rings. The SMILES string of the molecule is O=C(Nc1c(F)ccc(NC(=O)c2cc(NC(=O)C3CC3(Cl)Cl)ccc2Cl)c1F)C(=O)c1ccccc1. The molecule has 190 valence electrons. The Labute approximate surface area is 224 Å². The van der Waals surface area contributed by atoms with Crippen molar-refractivity contribution in [1.82, 2.24) is 0 Å². The highest BCUT2D eigenvalue weighted by Crippen LogP contribution is 2.53. The van der Waals surface area contributed by atoms with Gasteiger partial charge in [0.05, 0.1) is 22.2 Å². The van der Waals surface area contributed by atoms with Crippen LogP contribution in [0.3, 0.4) is 0 Å². The smallest absolute Gasteiger partial charge is 0.296 e. The van der Waals surface area contributed by atoms with Gasteiger partial charge < -0.3 is 16.0 Å². The van der Waals surface area contributed by atoms with E-state index in [4.69, 9.17) is 34.8 Å². The van der Waals surface area contributed by atoms with Crippen LogP contribution in [-0.4, -0.2) is 27.8 Å². The maximum absolute atomic E-state index is 15.1. The minimum atomic E-state index is -1.32. The molecule has 3 N–H and O–H groups in total. The van der Waals surface area contributed by atoms with Crippen molar-refractivity contribution in [1.29, 1.82) is 0 Å². The molecule has 0 aromatic heterocycles. The monoisotopic (exact) mass is 565 g/mol. The first-order valence-electron chi connectivity index (χ1n) is 10.7. The second-order valence-corrected chi connectivity index (χ2v) is 10.0. The van der Waals surface area contributed by atoms with E-state index in [2.05, 4.69) is 10.6 Å². The van der Waals surface area contributed by atoms with Crippen LogP contribution in [0.15, 0.2) is 60.7 Å². The summed E-state index contributed by atoms with van der Waals surface area (Å²) in [5, 5.41) is 6.70. The van der Waals surface area contributed by atoms with Gasteiger partial charge in [-0.1, -0.05) is 41.9 Å². The van der Waals surface area contributed by atoms with Gasteiger partial charge in [-0.25, -0.2) is 8.78 Å². The van der Waals surface area contributed by atoms with Crippen LogP contribution in [0.5, 0.6) is 0 Å². The zero-order valence-corrected chi connectivity index (χ0v) is 20.8. The Bertz CT molecular complexity index is 1430. The Hall–Kier alpha value is -3.53. The number of Topliss-reactive ketones (excluding diaryl/α,β-unsaturated/α-hetero) is 1. The fourth-order valence-electron chi connectivity index (χ4n) is 3.35. The standard InChI is InChI=1S/C25H16Cl3F2N3O4/c26-16-7-6-13(31-23(36)15-11-25(15,27)28)10-14(16)22(35)32-18-9-8-17(29)20(19(18)30)33-24(37)21(34)12-4-2-1-3-5-12/h1-10,15H,11H2,(H,31,36)(H,32,35)(H,33,37). The second kappa shape index (κ2) is 10.5. The molecule has 1 saturated carbocycles. The number of ketones is 1. The molecule has 1 atom stereocenters. The summed E-state index contributed by atoms with van der Waals surface area (Å²) in [6, 6.07) is 13.2. The molecule has 7 nitrogen and oxygen atoms in total. The van der Waals surface area contributed by atoms with Crippen molar-refractivity contribution >= 4 is 75.4 Å². The van der Waals surface area contributed by atoms with E-state index in [-0.39, 0.29) is 28.3 Å². The largest absolute Gasteiger partial charge is 0.326 e. The van der Waals surface area contributed by atoms with Gasteiger partial charge in [0, 0.05) is 11.3 Å². The highest BCUT2D eigenvalue weighted by atomic mass is 35.5. The average molecular weight is 567 g/mol. The number of rotatable bonds is 7. The lowest BCUT2D eigenvalue weighted by Gasteiger charge is -2.13. The van der Waals surface area contributed by atoms with E-state index in [0.717, 1.165) is 12.1 Å². The molecule has 0 radical (unpaired) electrons. The fourth-order valence-corrected chi connectivity index (χ4v) is 4.06. The number of benzene rings is 3. The number of hydrogen-bond acceptors (Lipinski definition) is 4. The third-order valence-electron chi connectivity index (χ3n) is 5.44. The quantitative estimate of drug-likeness (QED) is 0.190. The van der Waals surface area contributed by atoms with Crippen molar-refractivity contribution in [2.45, 2.75) is 10.8 Å². The van der Waals surface area contributed by atoms with Crippen LogP contribution in [0.4, 0.5) is 25.8 Å². The zero-order valence-electron chi connectivity index (χ0n) is 18.6. The molecule has 3 amide bonds. The lowest BCUT2D eigenvalue weighted by atomic mass is 10.1. The van der Waals surface area contributed by atoms with Crippen LogP contribution >= 0.6 is 34.8 Å². The maximum atomic E-state index is 15.1. The highest BCUT2D eigenvalue weighted by Gasteiger charge is 2.56. The van der Waals surface area contributed by atoms with Gasteiger partial charge in [-0.3, -0.25) is 19.2 Å². The molecule has 4 rings (SSSR count). The van der Waals surface area contributed by atoms with Crippen LogP contribution in [-0.2, 0) is 9.59 Å². The summed E-state index contributed by atoms with van der Waals surface area (Å²) in [5.74, 6) is -6.72. The minimum absolute atomic E-state index is 0.0181. The Morgan fingerprint density at radius 2 is 1.57 bits per heavy atom. The summed E-state index contributed by atoms with van der Waals surface area (Å²) in [7, 11) is 0. The summed E-state index contributed by atoms with van der Waals surface area (Å²) in [6.45, 7) is 0. The van der Waals surface area contributed by atoms with Crippen LogP contribution in [0.1, 0.15) is 27.1 Å². The Balaban J connectivity index is 1.51. The van der Waals surface area contributed by atoms with Crippen molar-refractivity contribution < 1.29 is 28.0 Å². The number of carbonyl (C=O) groups is 4. The Morgan fingerprint density at radius 1 is 0.892 bits per heavy atom. The lowest BCUT2D eigenvalue weighted by molar-refractivity contribution is -0.117. The van der Waals surface area contributed by atoms with Crippen LogP contribution in [0.2, 0.25) is 5.02 Å². The van der Waals surface area contributed by atoms with Gasteiger partial charge in [0.1, 0.15) is 15.8 Å². The molecule has 1 aliphatic carbocycles. The van der Waals surface area contributed by atoms with E-state index >= 15 is 4.39 Å². The van der Waals surface area contributed by atoms with Gasteiger partial charge in [0.15, 0.2) is 5.82 Å². The predicted molar refractivity (Wildman–Crippen MR) is 136 cm³/mol. The number of nitrogens with one attached hydrogen (secondary N) is 3. The molecular weight excluding hydrogens is 551 g/mol. The normalized spacial score (nSPS) is 15.4. The van der Waals surface area contributed by atoms with Gasteiger partial charge in [-0.05, 0) is 36.8 Å². The average Bonchev–Trinajstić information content (AvgIpc) is 3.52. The van der Waals surface area contributed by atoms with Crippen LogP contribution in [0.25, 0.3) is 0 Å². The predicted octanol–water partition coefficient (Wildman–Crippen LogP) is 5.82. The van der Waals surface area contributed by atoms with E-state index in [1.807, 2.05) is 5.32 Å². The summed E-state index contributed by atoms with van der Waals surface area (Å²) < 4.78 is 28.2. The molecule has 1 unspecified atom stereocenters. The van der Waals surface area contributed by atoms with Gasteiger partial charge in [-0.15, -0.1) is 23.2 Å². The molecule has 1 aliphatic rings. The van der Waals surface area contributed by atoms with Gasteiger partial charge >= 0.3 is 0 Å². The fraction of sp³-hybridized carbons (Fsp3) is 0.120. The maximum Gasteiger partial charge on any atom is 0.296 e. The second-order valence-electron chi connectivity index (χ2n) is 8.09. The molecular formula is C25H16Cl3F2N3O4. The molecule has 0 saturated heterocycles. The van der Waals surface area contributed by atoms with E-state index < -0.39 is 56.8 Å². The van der Waals surface area contributed by atoms with Crippen molar-refractivity contribution in [3.8, 4) is 0 Å². The number of alkyl halides is 2. The molecule has 3 aromatic rings. The molecule has 37 heavy (non-hydrogen) atoms. The molecule has 0 aliphatic heterocycles. The third kappa shape index (κ3) is 5.90. The number of hydrogen-bond donors (Lipinski definition) is 3. The molecule has 12 heteroatoms. The minimum Gasteiger partial charge on any atom is -0.326 e. The first kappa shape index (κ1) is 26.5. The summed E-state index contributed by atoms with van der Waals surface area (Å²) in [5.41, 5.74) is -1.31. The summed E-state index contributed by atoms with van der Waals surface area (Å²) in [6.07, 6.45) is 0.280. The highest BCUT2D eigenvalue weighted by molar-refractivity contribution is 6.52. The van der Waals surface area contributed by atoms with E-state index in [0.29, 0.717) is 0 Å². The number of anilines is 3. The van der Waals surface area contributed by atoms with Crippen molar-refractivity contribution in [3.05, 3.63) is 88.4 Å².